The Kier molecular flexibility index (Phi) is 3.94. The first-order chi connectivity index (χ1) is 9.21. The number of anilines is 3. The van der Waals surface area contributed by atoms with Crippen molar-refractivity contribution < 1.29 is 0 Å². The third-order valence-electron chi connectivity index (χ3n) is 2.45. The Balaban J connectivity index is 2.25. The van der Waals surface area contributed by atoms with Gasteiger partial charge in [-0.2, -0.15) is 10.2 Å². The summed E-state index contributed by atoms with van der Waals surface area (Å²) in [5, 5.41) is 15.1. The summed E-state index contributed by atoms with van der Waals surface area (Å²) in [5.74, 6) is 1.31. The van der Waals surface area contributed by atoms with Crippen LogP contribution in [-0.2, 0) is 0 Å². The van der Waals surface area contributed by atoms with Crippen molar-refractivity contribution in [2.45, 2.75) is 13.8 Å². The molecule has 2 rings (SSSR count). The molecule has 0 radical (unpaired) electrons. The molecule has 0 spiro atoms. The van der Waals surface area contributed by atoms with Crippen LogP contribution in [0.15, 0.2) is 30.3 Å². The number of nitrogens with one attached hydrogen (secondary N) is 2. The van der Waals surface area contributed by atoms with E-state index in [0.29, 0.717) is 17.3 Å². The fraction of sp³-hybridized carbons (Fsp3) is 0.214. The van der Waals surface area contributed by atoms with Gasteiger partial charge < -0.3 is 10.6 Å². The van der Waals surface area contributed by atoms with Crippen LogP contribution in [-0.4, -0.2) is 16.5 Å². The van der Waals surface area contributed by atoms with Gasteiger partial charge in [-0.1, -0.05) is 6.07 Å². The first kappa shape index (κ1) is 12.8. The summed E-state index contributed by atoms with van der Waals surface area (Å²) in [7, 11) is 0. The van der Waals surface area contributed by atoms with Gasteiger partial charge in [0.25, 0.3) is 0 Å². The van der Waals surface area contributed by atoms with Crippen LogP contribution in [0.2, 0.25) is 0 Å². The first-order valence-corrected chi connectivity index (χ1v) is 6.08. The van der Waals surface area contributed by atoms with Crippen LogP contribution in [0.5, 0.6) is 0 Å². The molecule has 0 atom stereocenters. The summed E-state index contributed by atoms with van der Waals surface area (Å²) in [6.45, 7) is 4.68. The molecule has 0 bridgehead atoms. The van der Waals surface area contributed by atoms with E-state index in [1.165, 1.54) is 0 Å². The van der Waals surface area contributed by atoms with Gasteiger partial charge in [0.1, 0.15) is 5.82 Å². The van der Waals surface area contributed by atoms with Gasteiger partial charge in [-0.3, -0.25) is 0 Å². The maximum atomic E-state index is 8.87. The highest BCUT2D eigenvalue weighted by Crippen LogP contribution is 2.17. The molecule has 0 saturated carbocycles. The maximum absolute atomic E-state index is 8.87. The van der Waals surface area contributed by atoms with Crippen molar-refractivity contribution >= 4 is 17.5 Å². The average molecular weight is 253 g/mol. The van der Waals surface area contributed by atoms with Gasteiger partial charge in [-0.25, -0.2) is 4.98 Å². The molecule has 0 aliphatic heterocycles. The van der Waals surface area contributed by atoms with E-state index in [4.69, 9.17) is 5.26 Å². The minimum atomic E-state index is 0.599. The highest BCUT2D eigenvalue weighted by molar-refractivity contribution is 5.59. The number of aromatic nitrogens is 2. The van der Waals surface area contributed by atoms with Crippen molar-refractivity contribution in [2.24, 2.45) is 0 Å². The van der Waals surface area contributed by atoms with Crippen LogP contribution in [0.4, 0.5) is 17.5 Å². The molecule has 1 aromatic heterocycles. The lowest BCUT2D eigenvalue weighted by atomic mass is 10.2. The quantitative estimate of drug-likeness (QED) is 0.876. The van der Waals surface area contributed by atoms with E-state index in [0.717, 1.165) is 17.9 Å². The smallest absolute Gasteiger partial charge is 0.224 e. The van der Waals surface area contributed by atoms with E-state index in [-0.39, 0.29) is 0 Å². The summed E-state index contributed by atoms with van der Waals surface area (Å²) in [5.41, 5.74) is 2.33. The SMILES string of the molecule is CCNc1nc(C)cc(Nc2cccc(C#N)c2)n1. The van der Waals surface area contributed by atoms with E-state index < -0.39 is 0 Å². The summed E-state index contributed by atoms with van der Waals surface area (Å²) in [6.07, 6.45) is 0. The van der Waals surface area contributed by atoms with Crippen LogP contribution in [0.3, 0.4) is 0 Å². The van der Waals surface area contributed by atoms with E-state index in [1.54, 1.807) is 12.1 Å². The van der Waals surface area contributed by atoms with Gasteiger partial charge >= 0.3 is 0 Å². The summed E-state index contributed by atoms with van der Waals surface area (Å²) < 4.78 is 0. The van der Waals surface area contributed by atoms with Gasteiger partial charge in [-0.15, -0.1) is 0 Å². The molecule has 0 aliphatic rings. The van der Waals surface area contributed by atoms with E-state index in [2.05, 4.69) is 26.7 Å². The highest BCUT2D eigenvalue weighted by Gasteiger charge is 2.02. The molecule has 0 aliphatic carbocycles. The van der Waals surface area contributed by atoms with Crippen molar-refractivity contribution in [3.05, 3.63) is 41.6 Å². The molecule has 0 amide bonds. The Morgan fingerprint density at radius 1 is 1.26 bits per heavy atom. The Morgan fingerprint density at radius 3 is 2.84 bits per heavy atom. The van der Waals surface area contributed by atoms with Crippen LogP contribution < -0.4 is 10.6 Å². The molecule has 1 aromatic carbocycles. The van der Waals surface area contributed by atoms with Crippen LogP contribution in [0.1, 0.15) is 18.2 Å². The normalized spacial score (nSPS) is 9.74. The van der Waals surface area contributed by atoms with Gasteiger partial charge in [0, 0.05) is 24.0 Å². The Bertz CT molecular complexity index is 615. The molecule has 19 heavy (non-hydrogen) atoms. The largest absolute Gasteiger partial charge is 0.354 e. The summed E-state index contributed by atoms with van der Waals surface area (Å²) in [6, 6.07) is 11.2. The summed E-state index contributed by atoms with van der Waals surface area (Å²) in [4.78, 5) is 8.64. The van der Waals surface area contributed by atoms with Gasteiger partial charge in [0.2, 0.25) is 5.95 Å². The molecule has 2 N–H and O–H groups in total. The predicted octanol–water partition coefficient (Wildman–Crippen LogP) is 2.83. The van der Waals surface area contributed by atoms with Gasteiger partial charge in [0.05, 0.1) is 11.6 Å². The molecule has 0 fully saturated rings. The summed E-state index contributed by atoms with van der Waals surface area (Å²) >= 11 is 0. The second kappa shape index (κ2) is 5.83. The zero-order valence-electron chi connectivity index (χ0n) is 10.9. The molecule has 5 heteroatoms. The van der Waals surface area contributed by atoms with E-state index in [1.807, 2.05) is 32.0 Å². The van der Waals surface area contributed by atoms with Crippen molar-refractivity contribution in [3.8, 4) is 6.07 Å². The van der Waals surface area contributed by atoms with Crippen molar-refractivity contribution in [3.63, 3.8) is 0 Å². The van der Waals surface area contributed by atoms with Crippen LogP contribution >= 0.6 is 0 Å². The second-order valence-corrected chi connectivity index (χ2v) is 4.07. The maximum Gasteiger partial charge on any atom is 0.224 e. The molecule has 0 saturated heterocycles. The van der Waals surface area contributed by atoms with E-state index >= 15 is 0 Å². The number of rotatable bonds is 4. The first-order valence-electron chi connectivity index (χ1n) is 6.08. The van der Waals surface area contributed by atoms with Gasteiger partial charge in [-0.05, 0) is 32.0 Å². The molecule has 5 nitrogen and oxygen atoms in total. The predicted molar refractivity (Wildman–Crippen MR) is 75.4 cm³/mol. The van der Waals surface area contributed by atoms with Gasteiger partial charge in [0.15, 0.2) is 0 Å². The third-order valence-corrected chi connectivity index (χ3v) is 2.45. The number of benzene rings is 1. The number of nitriles is 1. The molecule has 1 heterocycles. The Labute approximate surface area is 112 Å². The fourth-order valence-corrected chi connectivity index (χ4v) is 1.68. The van der Waals surface area contributed by atoms with Crippen molar-refractivity contribution in [1.82, 2.24) is 9.97 Å². The standard InChI is InChI=1S/C14H15N5/c1-3-16-14-17-10(2)7-13(19-14)18-12-6-4-5-11(8-12)9-15/h4-8H,3H2,1-2H3,(H2,16,17,18,19). The molecular weight excluding hydrogens is 238 g/mol. The molecule has 2 aromatic rings. The molecule has 0 unspecified atom stereocenters. The number of nitrogens with zero attached hydrogens (tertiary/aromatic N) is 3. The lowest BCUT2D eigenvalue weighted by Crippen LogP contribution is -2.05. The minimum Gasteiger partial charge on any atom is -0.354 e. The van der Waals surface area contributed by atoms with Crippen LogP contribution in [0.25, 0.3) is 0 Å². The minimum absolute atomic E-state index is 0.599. The zero-order valence-corrected chi connectivity index (χ0v) is 10.9. The lowest BCUT2D eigenvalue weighted by molar-refractivity contribution is 1.05. The monoisotopic (exact) mass is 253 g/mol. The Hall–Kier alpha value is -2.61. The van der Waals surface area contributed by atoms with Crippen LogP contribution in [0, 0.1) is 18.3 Å². The third kappa shape index (κ3) is 3.42. The topological polar surface area (TPSA) is 73.6 Å². The van der Waals surface area contributed by atoms with Crippen molar-refractivity contribution in [1.29, 1.82) is 5.26 Å². The molecular formula is C14H15N5. The number of aryl methyl sites for hydroxylation is 1. The Morgan fingerprint density at radius 2 is 2.11 bits per heavy atom. The fourth-order valence-electron chi connectivity index (χ4n) is 1.68. The lowest BCUT2D eigenvalue weighted by Gasteiger charge is -2.09. The van der Waals surface area contributed by atoms with Crippen molar-refractivity contribution in [2.75, 3.05) is 17.2 Å². The molecule has 96 valence electrons. The second-order valence-electron chi connectivity index (χ2n) is 4.07. The van der Waals surface area contributed by atoms with E-state index in [9.17, 15) is 0 Å². The zero-order chi connectivity index (χ0) is 13.7. The average Bonchev–Trinajstić information content (AvgIpc) is 2.38. The highest BCUT2D eigenvalue weighted by atomic mass is 15.1. The number of hydrogen-bond donors (Lipinski definition) is 2. The number of hydrogen-bond acceptors (Lipinski definition) is 5.